The largest absolute Gasteiger partial charge is 0.295 e. The number of nitrogens with zero attached hydrogens (tertiary/aromatic N) is 3. The molecule has 1 atom stereocenters. The van der Waals surface area contributed by atoms with E-state index in [-0.39, 0.29) is 23.7 Å². The molecule has 0 aliphatic carbocycles. The summed E-state index contributed by atoms with van der Waals surface area (Å²) in [6.45, 7) is 4.04. The second kappa shape index (κ2) is 5.41. The van der Waals surface area contributed by atoms with E-state index >= 15 is 0 Å². The molecule has 0 spiro atoms. The van der Waals surface area contributed by atoms with Crippen LogP contribution in [0.1, 0.15) is 31.8 Å². The molecule has 0 fully saturated rings. The molecule has 1 aliphatic heterocycles. The number of thiophene rings is 1. The van der Waals surface area contributed by atoms with Crippen LogP contribution in [-0.4, -0.2) is 33.6 Å². The summed E-state index contributed by atoms with van der Waals surface area (Å²) < 4.78 is 0. The van der Waals surface area contributed by atoms with Crippen LogP contribution in [0.3, 0.4) is 0 Å². The molecule has 1 unspecified atom stereocenters. The van der Waals surface area contributed by atoms with Crippen LogP contribution in [0, 0.1) is 0 Å². The Morgan fingerprint density at radius 2 is 1.95 bits per heavy atom. The van der Waals surface area contributed by atoms with Gasteiger partial charge in [0.15, 0.2) is 6.17 Å². The molecule has 106 valence electrons. The number of carbonyl (C=O) groups is 3. The first-order valence-electron chi connectivity index (χ1n) is 5.91. The van der Waals surface area contributed by atoms with E-state index < -0.39 is 6.17 Å². The zero-order valence-corrected chi connectivity index (χ0v) is 12.1. The number of hydrogen-bond acceptors (Lipinski definition) is 5. The Labute approximate surface area is 119 Å². The fourth-order valence-electron chi connectivity index (χ4n) is 1.92. The minimum absolute atomic E-state index is 0.0681. The molecule has 0 bridgehead atoms. The Bertz CT molecular complexity index is 582. The van der Waals surface area contributed by atoms with E-state index in [2.05, 4.69) is 10.4 Å². The molecule has 1 aliphatic rings. The number of guanidine groups is 1. The van der Waals surface area contributed by atoms with E-state index in [4.69, 9.17) is 0 Å². The number of carbonyl (C=O) groups excluding carboxylic acids is 3. The maximum atomic E-state index is 11.9. The van der Waals surface area contributed by atoms with Crippen LogP contribution < -0.4 is 5.32 Å². The van der Waals surface area contributed by atoms with Crippen LogP contribution in [0.5, 0.6) is 0 Å². The van der Waals surface area contributed by atoms with E-state index in [0.29, 0.717) is 0 Å². The maximum absolute atomic E-state index is 11.9. The number of hydrazone groups is 1. The van der Waals surface area contributed by atoms with Crippen LogP contribution in [0.25, 0.3) is 0 Å². The van der Waals surface area contributed by atoms with E-state index in [9.17, 15) is 14.4 Å². The van der Waals surface area contributed by atoms with Gasteiger partial charge in [0.1, 0.15) is 0 Å². The predicted octanol–water partition coefficient (Wildman–Crippen LogP) is 0.864. The van der Waals surface area contributed by atoms with E-state index in [1.807, 2.05) is 17.5 Å². The van der Waals surface area contributed by atoms with E-state index in [1.165, 1.54) is 42.0 Å². The van der Waals surface area contributed by atoms with Crippen LogP contribution in [0.2, 0.25) is 0 Å². The Kier molecular flexibility index (Phi) is 3.84. The monoisotopic (exact) mass is 294 g/mol. The minimum atomic E-state index is -0.646. The fourth-order valence-corrected chi connectivity index (χ4v) is 2.72. The first-order valence-corrected chi connectivity index (χ1v) is 6.79. The molecule has 0 radical (unpaired) electrons. The maximum Gasteiger partial charge on any atom is 0.242 e. The Morgan fingerprint density at radius 3 is 2.40 bits per heavy atom. The molecule has 2 rings (SSSR count). The van der Waals surface area contributed by atoms with Crippen molar-refractivity contribution in [3.05, 3.63) is 22.4 Å². The number of nitrogens with one attached hydrogen (secondary N) is 1. The van der Waals surface area contributed by atoms with Gasteiger partial charge in [0.25, 0.3) is 0 Å². The molecular formula is C12H14N4O3S. The van der Waals surface area contributed by atoms with Crippen LogP contribution >= 0.6 is 11.3 Å². The molecule has 1 aromatic rings. The molecule has 7 nitrogen and oxygen atoms in total. The van der Waals surface area contributed by atoms with Crippen molar-refractivity contribution in [3.8, 4) is 0 Å². The lowest BCUT2D eigenvalue weighted by Gasteiger charge is -2.26. The third-order valence-corrected chi connectivity index (χ3v) is 3.57. The van der Waals surface area contributed by atoms with Crippen molar-refractivity contribution in [3.63, 3.8) is 0 Å². The Hall–Kier alpha value is -2.22. The van der Waals surface area contributed by atoms with Crippen molar-refractivity contribution in [1.82, 2.24) is 15.2 Å². The number of amides is 3. The highest BCUT2D eigenvalue weighted by molar-refractivity contribution is 7.10. The highest BCUT2D eigenvalue weighted by Gasteiger charge is 2.41. The van der Waals surface area contributed by atoms with Crippen molar-refractivity contribution in [2.45, 2.75) is 26.9 Å². The van der Waals surface area contributed by atoms with Gasteiger partial charge in [0, 0.05) is 25.6 Å². The molecule has 0 aromatic carbocycles. The SMILES string of the molecule is CC(=O)NC1=NN(C(C)=O)C(c2cccs2)N1C(C)=O. The molecular weight excluding hydrogens is 280 g/mol. The van der Waals surface area contributed by atoms with Crippen molar-refractivity contribution in [2.75, 3.05) is 0 Å². The second-order valence-electron chi connectivity index (χ2n) is 4.25. The third kappa shape index (κ3) is 2.55. The van der Waals surface area contributed by atoms with Gasteiger partial charge < -0.3 is 0 Å². The zero-order chi connectivity index (χ0) is 14.9. The first-order chi connectivity index (χ1) is 9.41. The summed E-state index contributed by atoms with van der Waals surface area (Å²) in [5.74, 6) is -0.904. The summed E-state index contributed by atoms with van der Waals surface area (Å²) >= 11 is 1.41. The highest BCUT2D eigenvalue weighted by atomic mass is 32.1. The molecule has 8 heteroatoms. The summed E-state index contributed by atoms with van der Waals surface area (Å²) in [5.41, 5.74) is 0. The molecule has 1 N–H and O–H groups in total. The van der Waals surface area contributed by atoms with Gasteiger partial charge in [-0.3, -0.25) is 24.6 Å². The summed E-state index contributed by atoms with van der Waals surface area (Å²) in [7, 11) is 0. The Balaban J connectivity index is 2.45. The molecule has 0 saturated carbocycles. The van der Waals surface area contributed by atoms with Crippen molar-refractivity contribution < 1.29 is 14.4 Å². The predicted molar refractivity (Wildman–Crippen MR) is 73.4 cm³/mol. The van der Waals surface area contributed by atoms with Crippen LogP contribution in [-0.2, 0) is 14.4 Å². The summed E-state index contributed by atoms with van der Waals surface area (Å²) in [6.07, 6.45) is -0.646. The minimum Gasteiger partial charge on any atom is -0.295 e. The molecule has 2 heterocycles. The molecule has 3 amide bonds. The van der Waals surface area contributed by atoms with Gasteiger partial charge in [-0.25, -0.2) is 5.01 Å². The van der Waals surface area contributed by atoms with Gasteiger partial charge in [0.2, 0.25) is 23.7 Å². The standard InChI is InChI=1S/C12H14N4O3S/c1-7(17)13-12-14-16(9(3)19)11(15(12)8(2)18)10-5-4-6-20-10/h4-6,11H,1-3H3,(H,13,14,17). The highest BCUT2D eigenvalue weighted by Crippen LogP contribution is 2.33. The summed E-state index contributed by atoms with van der Waals surface area (Å²) in [5, 5.41) is 9.57. The average molecular weight is 294 g/mol. The first kappa shape index (κ1) is 14.2. The van der Waals surface area contributed by atoms with Crippen LogP contribution in [0.15, 0.2) is 22.6 Å². The lowest BCUT2D eigenvalue weighted by molar-refractivity contribution is -0.136. The third-order valence-electron chi connectivity index (χ3n) is 2.65. The summed E-state index contributed by atoms with van der Waals surface area (Å²) in [4.78, 5) is 36.9. The average Bonchev–Trinajstić information content (AvgIpc) is 2.93. The lowest BCUT2D eigenvalue weighted by Crippen LogP contribution is -2.45. The molecule has 20 heavy (non-hydrogen) atoms. The van der Waals surface area contributed by atoms with Gasteiger partial charge >= 0.3 is 0 Å². The van der Waals surface area contributed by atoms with E-state index in [0.717, 1.165) is 4.88 Å². The van der Waals surface area contributed by atoms with Crippen molar-refractivity contribution >= 4 is 35.0 Å². The fraction of sp³-hybridized carbons (Fsp3) is 0.333. The summed E-state index contributed by atoms with van der Waals surface area (Å²) in [6, 6.07) is 3.64. The number of hydrogen-bond donors (Lipinski definition) is 1. The van der Waals surface area contributed by atoms with Gasteiger partial charge in [0.05, 0.1) is 0 Å². The quantitative estimate of drug-likeness (QED) is 0.834. The van der Waals surface area contributed by atoms with Gasteiger partial charge in [-0.2, -0.15) is 0 Å². The van der Waals surface area contributed by atoms with Gasteiger partial charge in [-0.1, -0.05) is 6.07 Å². The zero-order valence-electron chi connectivity index (χ0n) is 11.3. The topological polar surface area (TPSA) is 82.1 Å². The van der Waals surface area contributed by atoms with Crippen LogP contribution in [0.4, 0.5) is 0 Å². The van der Waals surface area contributed by atoms with Gasteiger partial charge in [-0.15, -0.1) is 16.4 Å². The van der Waals surface area contributed by atoms with E-state index in [1.54, 1.807) is 0 Å². The normalized spacial score (nSPS) is 17.9. The lowest BCUT2D eigenvalue weighted by atomic mass is 10.3. The molecule has 0 saturated heterocycles. The number of rotatable bonds is 1. The van der Waals surface area contributed by atoms with Crippen molar-refractivity contribution in [2.24, 2.45) is 5.10 Å². The van der Waals surface area contributed by atoms with Gasteiger partial charge in [-0.05, 0) is 11.4 Å². The van der Waals surface area contributed by atoms with Crippen molar-refractivity contribution in [1.29, 1.82) is 0 Å². The second-order valence-corrected chi connectivity index (χ2v) is 5.23. The smallest absolute Gasteiger partial charge is 0.242 e. The molecule has 1 aromatic heterocycles. The Morgan fingerprint density at radius 1 is 1.25 bits per heavy atom.